The van der Waals surface area contributed by atoms with Crippen molar-refractivity contribution in [1.82, 2.24) is 10.3 Å². The number of carbonyl (C=O) groups is 1. The molecule has 0 aliphatic heterocycles. The lowest BCUT2D eigenvalue weighted by Crippen LogP contribution is -2.21. The van der Waals surface area contributed by atoms with Gasteiger partial charge in [0.1, 0.15) is 17.3 Å². The molecule has 25 heavy (non-hydrogen) atoms. The van der Waals surface area contributed by atoms with E-state index in [9.17, 15) is 9.18 Å². The lowest BCUT2D eigenvalue weighted by molar-refractivity contribution is -0.110. The molecule has 1 heterocycles. The number of benzene rings is 1. The van der Waals surface area contributed by atoms with E-state index < -0.39 is 11.7 Å². The number of aromatic nitrogens is 1. The van der Waals surface area contributed by atoms with Gasteiger partial charge in [-0.15, -0.1) is 0 Å². The lowest BCUT2D eigenvalue weighted by atomic mass is 10.0. The van der Waals surface area contributed by atoms with E-state index in [1.54, 1.807) is 31.4 Å². The third-order valence-electron chi connectivity index (χ3n) is 3.22. The predicted octanol–water partition coefficient (Wildman–Crippen LogP) is 2.37. The van der Waals surface area contributed by atoms with E-state index in [0.29, 0.717) is 17.8 Å². The number of anilines is 1. The van der Waals surface area contributed by atoms with Gasteiger partial charge in [-0.1, -0.05) is 6.07 Å². The molecule has 0 radical (unpaired) electrons. The van der Waals surface area contributed by atoms with Gasteiger partial charge in [0.15, 0.2) is 0 Å². The summed E-state index contributed by atoms with van der Waals surface area (Å²) < 4.78 is 13.4. The molecule has 0 unspecified atom stereocenters. The van der Waals surface area contributed by atoms with Crippen LogP contribution in [-0.4, -0.2) is 23.7 Å². The summed E-state index contributed by atoms with van der Waals surface area (Å²) >= 11 is 0. The fourth-order valence-corrected chi connectivity index (χ4v) is 2.08. The first-order valence-electron chi connectivity index (χ1n) is 7.40. The van der Waals surface area contributed by atoms with Crippen LogP contribution < -0.4 is 10.6 Å². The quantitative estimate of drug-likeness (QED) is 0.704. The normalized spacial score (nSPS) is 10.3. The zero-order valence-corrected chi connectivity index (χ0v) is 13.5. The molecule has 0 atom stereocenters. The molecule has 3 N–H and O–H groups in total. The van der Waals surface area contributed by atoms with Gasteiger partial charge in [-0.2, -0.15) is 5.26 Å². The highest BCUT2D eigenvalue weighted by Gasteiger charge is 2.08. The Hall–Kier alpha value is -3.53. The molecule has 126 valence electrons. The van der Waals surface area contributed by atoms with Gasteiger partial charge < -0.3 is 10.6 Å². The Labute approximate surface area is 144 Å². The molecule has 1 aromatic carbocycles. The van der Waals surface area contributed by atoms with Crippen LogP contribution in [0.4, 0.5) is 10.2 Å². The number of carbonyl (C=O) groups excluding carboxylic acids is 1. The van der Waals surface area contributed by atoms with Crippen molar-refractivity contribution in [3.63, 3.8) is 0 Å². The van der Waals surface area contributed by atoms with Gasteiger partial charge in [-0.3, -0.25) is 10.2 Å². The highest BCUT2D eigenvalue weighted by atomic mass is 19.1. The number of nitrogens with one attached hydrogen (secondary N) is 3. The molecule has 1 aromatic heterocycles. The van der Waals surface area contributed by atoms with Crippen LogP contribution in [-0.2, 0) is 11.2 Å². The first kappa shape index (κ1) is 17.8. The van der Waals surface area contributed by atoms with Crippen molar-refractivity contribution in [2.75, 3.05) is 12.4 Å². The number of rotatable bonds is 6. The van der Waals surface area contributed by atoms with Crippen molar-refractivity contribution in [2.24, 2.45) is 0 Å². The third-order valence-corrected chi connectivity index (χ3v) is 3.22. The van der Waals surface area contributed by atoms with Gasteiger partial charge >= 0.3 is 0 Å². The largest absolute Gasteiger partial charge is 0.394 e. The molecule has 0 saturated heterocycles. The summed E-state index contributed by atoms with van der Waals surface area (Å²) in [5.41, 5.74) is 1.52. The fourth-order valence-electron chi connectivity index (χ4n) is 2.08. The second-order valence-corrected chi connectivity index (χ2v) is 5.18. The Bertz CT molecular complexity index is 853. The van der Waals surface area contributed by atoms with Gasteiger partial charge in [0.25, 0.3) is 5.91 Å². The van der Waals surface area contributed by atoms with Crippen molar-refractivity contribution < 1.29 is 9.18 Å². The minimum absolute atomic E-state index is 0.205. The molecule has 0 saturated carbocycles. The second-order valence-electron chi connectivity index (χ2n) is 5.18. The SMILES string of the molecule is CN/C=C\C(=N)C(=O)Nc1ccc(Cc2cc(F)cc(C#N)c2)cn1. The predicted molar refractivity (Wildman–Crippen MR) is 92.7 cm³/mol. The molecule has 7 heteroatoms. The maximum absolute atomic E-state index is 13.4. The zero-order valence-electron chi connectivity index (χ0n) is 13.5. The van der Waals surface area contributed by atoms with Crippen molar-refractivity contribution in [2.45, 2.75) is 6.42 Å². The number of hydrogen-bond acceptors (Lipinski definition) is 5. The second kappa shape index (κ2) is 8.36. The van der Waals surface area contributed by atoms with Crippen molar-refractivity contribution in [1.29, 1.82) is 10.7 Å². The smallest absolute Gasteiger partial charge is 0.274 e. The van der Waals surface area contributed by atoms with Crippen molar-refractivity contribution >= 4 is 17.4 Å². The number of halogens is 1. The average molecular weight is 337 g/mol. The van der Waals surface area contributed by atoms with Crippen LogP contribution in [0.25, 0.3) is 0 Å². The van der Waals surface area contributed by atoms with Crippen LogP contribution in [0.5, 0.6) is 0 Å². The number of nitrogens with zero attached hydrogens (tertiary/aromatic N) is 2. The molecule has 2 rings (SSSR count). The Kier molecular flexibility index (Phi) is 5.96. The van der Waals surface area contributed by atoms with Crippen LogP contribution in [0.1, 0.15) is 16.7 Å². The minimum atomic E-state index is -0.574. The third kappa shape index (κ3) is 5.25. The summed E-state index contributed by atoms with van der Waals surface area (Å²) in [5, 5.41) is 21.7. The number of nitriles is 1. The molecule has 0 aliphatic rings. The first-order chi connectivity index (χ1) is 12.0. The lowest BCUT2D eigenvalue weighted by Gasteiger charge is -2.06. The maximum atomic E-state index is 13.4. The molecule has 0 bridgehead atoms. The molecule has 0 aliphatic carbocycles. The van der Waals surface area contributed by atoms with Gasteiger partial charge in [0.2, 0.25) is 0 Å². The Balaban J connectivity index is 2.04. The maximum Gasteiger partial charge on any atom is 0.274 e. The fraction of sp³-hybridized carbons (Fsp3) is 0.111. The van der Waals surface area contributed by atoms with Crippen LogP contribution >= 0.6 is 0 Å². The summed E-state index contributed by atoms with van der Waals surface area (Å²) in [4.78, 5) is 15.9. The van der Waals surface area contributed by atoms with Crippen molar-refractivity contribution in [3.05, 3.63) is 71.3 Å². The summed E-state index contributed by atoms with van der Waals surface area (Å²) in [6.07, 6.45) is 4.78. The van der Waals surface area contributed by atoms with E-state index in [1.165, 1.54) is 24.4 Å². The minimum Gasteiger partial charge on any atom is -0.394 e. The van der Waals surface area contributed by atoms with Crippen molar-refractivity contribution in [3.8, 4) is 6.07 Å². The van der Waals surface area contributed by atoms with E-state index in [4.69, 9.17) is 10.7 Å². The number of hydrogen-bond donors (Lipinski definition) is 3. The Morgan fingerprint density at radius 3 is 2.80 bits per heavy atom. The number of amides is 1. The highest BCUT2D eigenvalue weighted by molar-refractivity contribution is 6.45. The standard InChI is InChI=1S/C18H16FN5O/c1-22-5-4-16(21)18(25)24-17-3-2-12(11-23-17)6-13-7-14(10-20)9-15(19)8-13/h2-5,7-9,11,21-22H,6H2,1H3,(H,23,24,25)/b5-4-,21-16?. The number of pyridine rings is 1. The van der Waals surface area contributed by atoms with E-state index in [0.717, 1.165) is 5.56 Å². The van der Waals surface area contributed by atoms with Crippen LogP contribution in [0, 0.1) is 22.6 Å². The van der Waals surface area contributed by atoms with Crippen LogP contribution in [0.2, 0.25) is 0 Å². The summed E-state index contributed by atoms with van der Waals surface area (Å²) in [5.74, 6) is -0.720. The summed E-state index contributed by atoms with van der Waals surface area (Å²) in [6.45, 7) is 0. The molecular formula is C18H16FN5O. The summed E-state index contributed by atoms with van der Waals surface area (Å²) in [6, 6.07) is 9.43. The Morgan fingerprint density at radius 1 is 1.36 bits per heavy atom. The van der Waals surface area contributed by atoms with Gasteiger partial charge in [0, 0.05) is 13.2 Å². The molecule has 0 fully saturated rings. The average Bonchev–Trinajstić information content (AvgIpc) is 2.60. The molecule has 0 spiro atoms. The van der Waals surface area contributed by atoms with Gasteiger partial charge in [-0.25, -0.2) is 9.37 Å². The van der Waals surface area contributed by atoms with E-state index >= 15 is 0 Å². The van der Waals surface area contributed by atoms with Crippen LogP contribution in [0.3, 0.4) is 0 Å². The molecule has 6 nitrogen and oxygen atoms in total. The monoisotopic (exact) mass is 337 g/mol. The Morgan fingerprint density at radius 2 is 2.16 bits per heavy atom. The van der Waals surface area contributed by atoms with Gasteiger partial charge in [0.05, 0.1) is 11.6 Å². The van der Waals surface area contributed by atoms with E-state index in [1.807, 2.05) is 6.07 Å². The van der Waals surface area contributed by atoms with E-state index in [-0.39, 0.29) is 11.3 Å². The summed E-state index contributed by atoms with van der Waals surface area (Å²) in [7, 11) is 1.67. The van der Waals surface area contributed by atoms with Gasteiger partial charge in [-0.05, 0) is 54.1 Å². The van der Waals surface area contributed by atoms with Crippen LogP contribution in [0.15, 0.2) is 48.8 Å². The first-order valence-corrected chi connectivity index (χ1v) is 7.40. The zero-order chi connectivity index (χ0) is 18.2. The molecule has 2 aromatic rings. The molecule has 1 amide bonds. The molecular weight excluding hydrogens is 321 g/mol. The highest BCUT2D eigenvalue weighted by Crippen LogP contribution is 2.14. The van der Waals surface area contributed by atoms with E-state index in [2.05, 4.69) is 15.6 Å². The topological polar surface area (TPSA) is 102 Å².